The number of nitrogens with one attached hydrogen (secondary N) is 1. The first-order valence-electron chi connectivity index (χ1n) is 8.35. The maximum atomic E-state index is 13.1. The van der Waals surface area contributed by atoms with Gasteiger partial charge in [-0.15, -0.1) is 11.3 Å². The van der Waals surface area contributed by atoms with E-state index in [1.807, 2.05) is 42.5 Å². The van der Waals surface area contributed by atoms with Gasteiger partial charge in [-0.3, -0.25) is 9.59 Å². The Labute approximate surface area is 155 Å². The number of anilines is 1. The van der Waals surface area contributed by atoms with Crippen LogP contribution in [0.1, 0.15) is 21.5 Å². The predicted molar refractivity (Wildman–Crippen MR) is 101 cm³/mol. The van der Waals surface area contributed by atoms with Crippen molar-refractivity contribution in [2.24, 2.45) is 0 Å². The topological polar surface area (TPSA) is 62.3 Å². The number of carbonyl (C=O) groups excluding carboxylic acids is 2. The summed E-state index contributed by atoms with van der Waals surface area (Å²) in [6.07, 6.45) is 2.13. The number of hydrogen-bond acceptors (Lipinski definition) is 4. The Morgan fingerprint density at radius 3 is 2.50 bits per heavy atom. The number of thiazole rings is 1. The largest absolute Gasteiger partial charge is 0.322 e. The van der Waals surface area contributed by atoms with Gasteiger partial charge in [0.1, 0.15) is 6.04 Å². The van der Waals surface area contributed by atoms with Gasteiger partial charge in [-0.1, -0.05) is 42.5 Å². The molecule has 0 radical (unpaired) electrons. The lowest BCUT2D eigenvalue weighted by atomic mass is 9.93. The van der Waals surface area contributed by atoms with E-state index >= 15 is 0 Å². The van der Waals surface area contributed by atoms with Gasteiger partial charge in [0.15, 0.2) is 5.13 Å². The number of nitrogens with zero attached hydrogens (tertiary/aromatic N) is 2. The second-order valence-electron chi connectivity index (χ2n) is 6.11. The minimum atomic E-state index is -0.568. The summed E-state index contributed by atoms with van der Waals surface area (Å²) in [5, 5.41) is 5.18. The van der Waals surface area contributed by atoms with Crippen LogP contribution < -0.4 is 5.32 Å². The molecule has 2 amide bonds. The first-order valence-corrected chi connectivity index (χ1v) is 9.23. The standard InChI is InChI=1S/C20H17N3O2S/c24-18(22-20-21-10-11-26-20)17-12-15-8-4-5-9-16(15)13-23(17)19(25)14-6-2-1-3-7-14/h1-11,17H,12-13H2,(H,21,22,24). The molecule has 0 saturated carbocycles. The van der Waals surface area contributed by atoms with Crippen molar-refractivity contribution in [3.8, 4) is 0 Å². The molecule has 1 aliphatic heterocycles. The summed E-state index contributed by atoms with van der Waals surface area (Å²) < 4.78 is 0. The number of amides is 2. The van der Waals surface area contributed by atoms with Crippen LogP contribution >= 0.6 is 11.3 Å². The normalized spacial score (nSPS) is 16.0. The molecule has 0 saturated heterocycles. The van der Waals surface area contributed by atoms with Crippen molar-refractivity contribution < 1.29 is 9.59 Å². The third-order valence-corrected chi connectivity index (χ3v) is 5.18. The number of fused-ring (bicyclic) bond motifs is 1. The fourth-order valence-corrected chi connectivity index (χ4v) is 3.72. The van der Waals surface area contributed by atoms with Crippen LogP contribution in [0.5, 0.6) is 0 Å². The van der Waals surface area contributed by atoms with Crippen molar-refractivity contribution >= 4 is 28.3 Å². The van der Waals surface area contributed by atoms with E-state index in [0.29, 0.717) is 23.7 Å². The van der Waals surface area contributed by atoms with E-state index in [4.69, 9.17) is 0 Å². The first kappa shape index (κ1) is 16.5. The molecule has 2 heterocycles. The first-order chi connectivity index (χ1) is 12.7. The second-order valence-corrected chi connectivity index (χ2v) is 7.01. The number of carbonyl (C=O) groups is 2. The van der Waals surface area contributed by atoms with Gasteiger partial charge in [0.25, 0.3) is 5.91 Å². The van der Waals surface area contributed by atoms with Crippen LogP contribution in [0.15, 0.2) is 66.2 Å². The van der Waals surface area contributed by atoms with E-state index < -0.39 is 6.04 Å². The Morgan fingerprint density at radius 2 is 1.77 bits per heavy atom. The average molecular weight is 363 g/mol. The molecule has 0 spiro atoms. The molecule has 3 aromatic rings. The SMILES string of the molecule is O=C(Nc1nccs1)C1Cc2ccccc2CN1C(=O)c1ccccc1. The van der Waals surface area contributed by atoms with Gasteiger partial charge in [0.05, 0.1) is 0 Å². The van der Waals surface area contributed by atoms with Gasteiger partial charge in [-0.25, -0.2) is 4.98 Å². The zero-order chi connectivity index (χ0) is 17.9. The van der Waals surface area contributed by atoms with E-state index in [1.165, 1.54) is 11.3 Å². The Balaban J connectivity index is 1.66. The highest BCUT2D eigenvalue weighted by atomic mass is 32.1. The lowest BCUT2D eigenvalue weighted by Gasteiger charge is -2.36. The highest BCUT2D eigenvalue weighted by molar-refractivity contribution is 7.13. The Morgan fingerprint density at radius 1 is 1.04 bits per heavy atom. The van der Waals surface area contributed by atoms with Crippen LogP contribution in [0.2, 0.25) is 0 Å². The van der Waals surface area contributed by atoms with E-state index in [-0.39, 0.29) is 11.8 Å². The molecule has 0 aliphatic carbocycles. The highest BCUT2D eigenvalue weighted by Crippen LogP contribution is 2.26. The lowest BCUT2D eigenvalue weighted by molar-refractivity contribution is -0.121. The Kier molecular flexibility index (Phi) is 4.50. The van der Waals surface area contributed by atoms with Gasteiger partial charge in [-0.2, -0.15) is 0 Å². The average Bonchev–Trinajstić information content (AvgIpc) is 3.20. The molecule has 26 heavy (non-hydrogen) atoms. The Bertz CT molecular complexity index is 925. The number of benzene rings is 2. The monoisotopic (exact) mass is 363 g/mol. The van der Waals surface area contributed by atoms with E-state index in [2.05, 4.69) is 10.3 Å². The molecule has 0 fully saturated rings. The molecule has 2 aromatic carbocycles. The van der Waals surface area contributed by atoms with Crippen molar-refractivity contribution in [1.29, 1.82) is 0 Å². The molecule has 0 bridgehead atoms. The molecular weight excluding hydrogens is 346 g/mol. The van der Waals surface area contributed by atoms with Crippen molar-refractivity contribution in [2.45, 2.75) is 19.0 Å². The molecule has 6 heteroatoms. The highest BCUT2D eigenvalue weighted by Gasteiger charge is 2.35. The summed E-state index contributed by atoms with van der Waals surface area (Å²) in [4.78, 5) is 31.7. The zero-order valence-electron chi connectivity index (χ0n) is 14.0. The van der Waals surface area contributed by atoms with Crippen LogP contribution in [-0.2, 0) is 17.8 Å². The summed E-state index contributed by atoms with van der Waals surface area (Å²) in [5.41, 5.74) is 2.76. The maximum absolute atomic E-state index is 13.1. The summed E-state index contributed by atoms with van der Waals surface area (Å²) in [7, 11) is 0. The van der Waals surface area contributed by atoms with Crippen LogP contribution in [0.3, 0.4) is 0 Å². The predicted octanol–water partition coefficient (Wildman–Crippen LogP) is 3.35. The van der Waals surface area contributed by atoms with Crippen molar-refractivity contribution in [1.82, 2.24) is 9.88 Å². The van der Waals surface area contributed by atoms with Crippen molar-refractivity contribution in [2.75, 3.05) is 5.32 Å². The van der Waals surface area contributed by atoms with Crippen LogP contribution in [0.4, 0.5) is 5.13 Å². The minimum absolute atomic E-state index is 0.139. The summed E-state index contributed by atoms with van der Waals surface area (Å²) in [6.45, 7) is 0.417. The summed E-state index contributed by atoms with van der Waals surface area (Å²) >= 11 is 1.36. The van der Waals surface area contributed by atoms with Crippen LogP contribution in [0, 0.1) is 0 Å². The van der Waals surface area contributed by atoms with Gasteiger partial charge in [-0.05, 0) is 23.3 Å². The van der Waals surface area contributed by atoms with E-state index in [9.17, 15) is 9.59 Å². The fourth-order valence-electron chi connectivity index (χ4n) is 3.19. The molecular formula is C20H17N3O2S. The van der Waals surface area contributed by atoms with Crippen molar-refractivity contribution in [3.63, 3.8) is 0 Å². The molecule has 5 nitrogen and oxygen atoms in total. The van der Waals surface area contributed by atoms with Crippen LogP contribution in [0.25, 0.3) is 0 Å². The third-order valence-electron chi connectivity index (χ3n) is 4.50. The van der Waals surface area contributed by atoms with Gasteiger partial charge in [0.2, 0.25) is 5.91 Å². The van der Waals surface area contributed by atoms with Crippen LogP contribution in [-0.4, -0.2) is 27.7 Å². The lowest BCUT2D eigenvalue weighted by Crippen LogP contribution is -2.50. The smallest absolute Gasteiger partial charge is 0.254 e. The molecule has 1 atom stereocenters. The molecule has 1 aliphatic rings. The number of hydrogen-bond donors (Lipinski definition) is 1. The maximum Gasteiger partial charge on any atom is 0.254 e. The quantitative estimate of drug-likeness (QED) is 0.776. The molecule has 1 N–H and O–H groups in total. The third kappa shape index (κ3) is 3.23. The second kappa shape index (κ2) is 7.09. The molecule has 130 valence electrons. The van der Waals surface area contributed by atoms with Gasteiger partial charge in [0, 0.05) is 30.1 Å². The molecule has 1 unspecified atom stereocenters. The van der Waals surface area contributed by atoms with Gasteiger partial charge >= 0.3 is 0 Å². The van der Waals surface area contributed by atoms with Crippen molar-refractivity contribution in [3.05, 3.63) is 82.9 Å². The fraction of sp³-hybridized carbons (Fsp3) is 0.150. The Hall–Kier alpha value is -2.99. The summed E-state index contributed by atoms with van der Waals surface area (Å²) in [5.74, 6) is -0.349. The number of rotatable bonds is 3. The minimum Gasteiger partial charge on any atom is -0.322 e. The van der Waals surface area contributed by atoms with E-state index in [1.54, 1.807) is 28.6 Å². The zero-order valence-corrected chi connectivity index (χ0v) is 14.8. The molecule has 1 aromatic heterocycles. The van der Waals surface area contributed by atoms with Gasteiger partial charge < -0.3 is 10.2 Å². The summed E-state index contributed by atoms with van der Waals surface area (Å²) in [6, 6.07) is 16.5. The number of aromatic nitrogens is 1. The van der Waals surface area contributed by atoms with E-state index in [0.717, 1.165) is 11.1 Å². The molecule has 4 rings (SSSR count).